The predicted octanol–water partition coefficient (Wildman–Crippen LogP) is -0.908. The zero-order valence-electron chi connectivity index (χ0n) is 7.54. The standard InChI is InChI=1S/C6H7N3O5S/c1-14-15(12,13)6-8-2-3(7)4(9-6)5(10)11/h2H,7H2,1H3,(H,10,11). The van der Waals surface area contributed by atoms with Crippen LogP contribution in [0.4, 0.5) is 5.69 Å². The van der Waals surface area contributed by atoms with Crippen molar-refractivity contribution in [3.05, 3.63) is 11.9 Å². The summed E-state index contributed by atoms with van der Waals surface area (Å²) in [6.07, 6.45) is 0.891. The second kappa shape index (κ2) is 3.79. The lowest BCUT2D eigenvalue weighted by Gasteiger charge is -2.02. The third kappa shape index (κ3) is 2.19. The number of nitrogens with zero attached hydrogens (tertiary/aromatic N) is 2. The number of hydrogen-bond acceptors (Lipinski definition) is 7. The van der Waals surface area contributed by atoms with Crippen LogP contribution in [-0.2, 0) is 14.3 Å². The van der Waals surface area contributed by atoms with Gasteiger partial charge in [-0.1, -0.05) is 0 Å². The highest BCUT2D eigenvalue weighted by molar-refractivity contribution is 7.86. The number of anilines is 1. The highest BCUT2D eigenvalue weighted by Gasteiger charge is 2.21. The Morgan fingerprint density at radius 3 is 2.67 bits per heavy atom. The van der Waals surface area contributed by atoms with Crippen molar-refractivity contribution >= 4 is 21.8 Å². The van der Waals surface area contributed by atoms with Crippen molar-refractivity contribution in [2.45, 2.75) is 5.16 Å². The van der Waals surface area contributed by atoms with Gasteiger partial charge in [-0.3, -0.25) is 4.18 Å². The van der Waals surface area contributed by atoms with Gasteiger partial charge in [-0.2, -0.15) is 8.42 Å². The molecule has 0 atom stereocenters. The first-order chi connectivity index (χ1) is 6.88. The lowest BCUT2D eigenvalue weighted by molar-refractivity contribution is 0.0690. The molecule has 0 radical (unpaired) electrons. The molecule has 1 rings (SSSR count). The number of carboxylic acids is 1. The van der Waals surface area contributed by atoms with E-state index in [9.17, 15) is 13.2 Å². The second-order valence-corrected chi connectivity index (χ2v) is 3.99. The number of hydrogen-bond donors (Lipinski definition) is 2. The fraction of sp³-hybridized carbons (Fsp3) is 0.167. The largest absolute Gasteiger partial charge is 0.476 e. The maximum absolute atomic E-state index is 11.1. The van der Waals surface area contributed by atoms with E-state index in [1.807, 2.05) is 0 Å². The van der Waals surface area contributed by atoms with Crippen LogP contribution in [0.25, 0.3) is 0 Å². The van der Waals surface area contributed by atoms with Gasteiger partial charge >= 0.3 is 16.1 Å². The zero-order valence-corrected chi connectivity index (χ0v) is 8.35. The first-order valence-electron chi connectivity index (χ1n) is 3.55. The van der Waals surface area contributed by atoms with Crippen LogP contribution in [-0.4, -0.2) is 36.6 Å². The fourth-order valence-corrected chi connectivity index (χ4v) is 1.28. The van der Waals surface area contributed by atoms with Gasteiger partial charge in [-0.15, -0.1) is 0 Å². The van der Waals surface area contributed by atoms with Gasteiger partial charge in [0.1, 0.15) is 0 Å². The minimum absolute atomic E-state index is 0.224. The van der Waals surface area contributed by atoms with Crippen LogP contribution in [0.2, 0.25) is 0 Å². The SMILES string of the molecule is COS(=O)(=O)c1ncc(N)c(C(=O)O)n1. The Hall–Kier alpha value is -1.74. The molecule has 0 saturated carbocycles. The molecule has 0 spiro atoms. The number of nitrogen functional groups attached to an aromatic ring is 1. The summed E-state index contributed by atoms with van der Waals surface area (Å²) in [4.78, 5) is 17.2. The maximum Gasteiger partial charge on any atom is 0.356 e. The van der Waals surface area contributed by atoms with Gasteiger partial charge in [0.2, 0.25) is 0 Å². The molecular formula is C6H7N3O5S. The Bertz CT molecular complexity index is 497. The van der Waals surface area contributed by atoms with Crippen LogP contribution in [0.3, 0.4) is 0 Å². The number of aromatic carboxylic acids is 1. The molecule has 1 heterocycles. The number of carbonyl (C=O) groups is 1. The zero-order chi connectivity index (χ0) is 11.6. The van der Waals surface area contributed by atoms with E-state index < -0.39 is 26.9 Å². The van der Waals surface area contributed by atoms with E-state index in [0.29, 0.717) is 0 Å². The number of rotatable bonds is 3. The second-order valence-electron chi connectivity index (χ2n) is 2.38. The molecule has 1 aromatic heterocycles. The van der Waals surface area contributed by atoms with Crippen LogP contribution >= 0.6 is 0 Å². The number of aromatic nitrogens is 2. The molecule has 0 aromatic carbocycles. The Morgan fingerprint density at radius 2 is 2.20 bits per heavy atom. The third-order valence-electron chi connectivity index (χ3n) is 1.44. The molecule has 0 fully saturated rings. The molecule has 0 saturated heterocycles. The summed E-state index contributed by atoms with van der Waals surface area (Å²) in [5, 5.41) is 7.88. The highest BCUT2D eigenvalue weighted by Crippen LogP contribution is 2.11. The number of carboxylic acid groups (broad SMARTS) is 1. The molecule has 9 heteroatoms. The Kier molecular flexibility index (Phi) is 2.86. The van der Waals surface area contributed by atoms with Crippen LogP contribution in [0.5, 0.6) is 0 Å². The monoisotopic (exact) mass is 233 g/mol. The van der Waals surface area contributed by atoms with Crippen LogP contribution < -0.4 is 5.73 Å². The molecule has 0 aliphatic rings. The van der Waals surface area contributed by atoms with Gasteiger partial charge in [-0.25, -0.2) is 14.8 Å². The first-order valence-corrected chi connectivity index (χ1v) is 4.95. The van der Waals surface area contributed by atoms with Gasteiger partial charge in [0.25, 0.3) is 5.16 Å². The average molecular weight is 233 g/mol. The normalized spacial score (nSPS) is 11.3. The number of nitrogens with two attached hydrogens (primary N) is 1. The van der Waals surface area contributed by atoms with Gasteiger partial charge in [0, 0.05) is 0 Å². The third-order valence-corrected chi connectivity index (χ3v) is 2.52. The maximum atomic E-state index is 11.1. The van der Waals surface area contributed by atoms with E-state index in [0.717, 1.165) is 13.3 Å². The summed E-state index contributed by atoms with van der Waals surface area (Å²) in [6.45, 7) is 0. The van der Waals surface area contributed by atoms with Gasteiger partial charge in [0.05, 0.1) is 19.0 Å². The molecule has 0 amide bonds. The summed E-state index contributed by atoms with van der Waals surface area (Å²) in [6, 6.07) is 0. The molecule has 0 bridgehead atoms. The van der Waals surface area contributed by atoms with Crippen LogP contribution in [0.15, 0.2) is 11.4 Å². The fourth-order valence-electron chi connectivity index (χ4n) is 0.741. The molecular weight excluding hydrogens is 226 g/mol. The van der Waals surface area contributed by atoms with Crippen molar-refractivity contribution in [3.63, 3.8) is 0 Å². The summed E-state index contributed by atoms with van der Waals surface area (Å²) >= 11 is 0. The van der Waals surface area contributed by atoms with E-state index in [2.05, 4.69) is 14.2 Å². The summed E-state index contributed by atoms with van der Waals surface area (Å²) in [5.41, 5.74) is 4.43. The van der Waals surface area contributed by atoms with Gasteiger partial charge in [-0.05, 0) is 0 Å². The van der Waals surface area contributed by atoms with Crippen molar-refractivity contribution in [1.82, 2.24) is 9.97 Å². The Labute approximate surface area is 84.8 Å². The summed E-state index contributed by atoms with van der Waals surface area (Å²) in [7, 11) is -3.20. The van der Waals surface area contributed by atoms with Crippen molar-refractivity contribution < 1.29 is 22.5 Å². The molecule has 0 unspecified atom stereocenters. The van der Waals surface area contributed by atoms with E-state index in [4.69, 9.17) is 10.8 Å². The summed E-state index contributed by atoms with van der Waals surface area (Å²) in [5.74, 6) is -1.44. The van der Waals surface area contributed by atoms with E-state index in [1.165, 1.54) is 0 Å². The first kappa shape index (κ1) is 11.3. The average Bonchev–Trinajstić information content (AvgIpc) is 2.17. The van der Waals surface area contributed by atoms with Crippen molar-refractivity contribution in [2.24, 2.45) is 0 Å². The highest BCUT2D eigenvalue weighted by atomic mass is 32.2. The Balaban J connectivity index is 3.38. The van der Waals surface area contributed by atoms with Crippen molar-refractivity contribution in [2.75, 3.05) is 12.8 Å². The van der Waals surface area contributed by atoms with Crippen molar-refractivity contribution in [3.8, 4) is 0 Å². The minimum atomic E-state index is -4.11. The summed E-state index contributed by atoms with van der Waals surface area (Å²) < 4.78 is 26.3. The molecule has 0 aliphatic carbocycles. The molecule has 0 aliphatic heterocycles. The smallest absolute Gasteiger partial charge is 0.356 e. The Morgan fingerprint density at radius 1 is 1.60 bits per heavy atom. The lowest BCUT2D eigenvalue weighted by Crippen LogP contribution is -2.13. The van der Waals surface area contributed by atoms with Crippen LogP contribution in [0, 0.1) is 0 Å². The van der Waals surface area contributed by atoms with E-state index in [1.54, 1.807) is 0 Å². The molecule has 8 nitrogen and oxygen atoms in total. The minimum Gasteiger partial charge on any atom is -0.476 e. The molecule has 1 aromatic rings. The van der Waals surface area contributed by atoms with Gasteiger partial charge in [0.15, 0.2) is 5.69 Å². The van der Waals surface area contributed by atoms with Crippen molar-refractivity contribution in [1.29, 1.82) is 0 Å². The molecule has 82 valence electrons. The molecule has 3 N–H and O–H groups in total. The molecule has 15 heavy (non-hydrogen) atoms. The lowest BCUT2D eigenvalue weighted by atomic mass is 10.3. The quantitative estimate of drug-likeness (QED) is 0.506. The van der Waals surface area contributed by atoms with E-state index in [-0.39, 0.29) is 5.69 Å². The topological polar surface area (TPSA) is 132 Å². The predicted molar refractivity (Wildman–Crippen MR) is 47.6 cm³/mol. The van der Waals surface area contributed by atoms with E-state index >= 15 is 0 Å². The van der Waals surface area contributed by atoms with Gasteiger partial charge < -0.3 is 10.8 Å². The van der Waals surface area contributed by atoms with Crippen LogP contribution in [0.1, 0.15) is 10.5 Å².